The van der Waals surface area contributed by atoms with Crippen molar-refractivity contribution in [3.63, 3.8) is 0 Å². The van der Waals surface area contributed by atoms with Crippen LogP contribution < -0.4 is 0 Å². The Morgan fingerprint density at radius 1 is 1.31 bits per heavy atom. The van der Waals surface area contributed by atoms with Crippen molar-refractivity contribution < 1.29 is 4.42 Å². The minimum Gasteiger partial charge on any atom is -0.441 e. The van der Waals surface area contributed by atoms with Crippen LogP contribution in [0.5, 0.6) is 0 Å². The van der Waals surface area contributed by atoms with Crippen LogP contribution in [0.3, 0.4) is 0 Å². The Balaban J connectivity index is 2.34. The van der Waals surface area contributed by atoms with Crippen molar-refractivity contribution in [2.75, 3.05) is 5.88 Å². The van der Waals surface area contributed by atoms with E-state index >= 15 is 0 Å². The van der Waals surface area contributed by atoms with Crippen molar-refractivity contribution >= 4 is 11.6 Å². The van der Waals surface area contributed by atoms with Gasteiger partial charge in [0, 0.05) is 17.9 Å². The van der Waals surface area contributed by atoms with Gasteiger partial charge in [0.2, 0.25) is 0 Å². The third-order valence-corrected chi connectivity index (χ3v) is 2.71. The zero-order chi connectivity index (χ0) is 11.4. The molecule has 0 saturated carbocycles. The van der Waals surface area contributed by atoms with Crippen LogP contribution in [0.1, 0.15) is 18.4 Å². The van der Waals surface area contributed by atoms with Crippen LogP contribution in [0.4, 0.5) is 0 Å². The van der Waals surface area contributed by atoms with E-state index in [4.69, 9.17) is 16.0 Å². The van der Waals surface area contributed by atoms with E-state index < -0.39 is 0 Å². The van der Waals surface area contributed by atoms with Gasteiger partial charge in [0.15, 0.2) is 11.7 Å². The van der Waals surface area contributed by atoms with Crippen molar-refractivity contribution in [1.82, 2.24) is 4.98 Å². The molecule has 1 heterocycles. The summed E-state index contributed by atoms with van der Waals surface area (Å²) in [5.41, 5.74) is 2.40. The highest BCUT2D eigenvalue weighted by atomic mass is 35.5. The van der Waals surface area contributed by atoms with Crippen LogP contribution in [0, 0.1) is 0 Å². The van der Waals surface area contributed by atoms with Gasteiger partial charge in [-0.1, -0.05) is 31.2 Å². The molecule has 0 spiro atoms. The highest BCUT2D eigenvalue weighted by Gasteiger charge is 2.08. The van der Waals surface area contributed by atoms with Crippen molar-refractivity contribution in [1.29, 1.82) is 0 Å². The number of alkyl halides is 1. The molecule has 84 valence electrons. The molecule has 2 rings (SSSR count). The van der Waals surface area contributed by atoms with E-state index in [2.05, 4.69) is 24.0 Å². The fourth-order valence-electron chi connectivity index (χ4n) is 1.70. The minimum atomic E-state index is 0.537. The predicted molar refractivity (Wildman–Crippen MR) is 65.7 cm³/mol. The van der Waals surface area contributed by atoms with Gasteiger partial charge in [-0.25, -0.2) is 4.98 Å². The summed E-state index contributed by atoms with van der Waals surface area (Å²) in [7, 11) is 0. The maximum atomic E-state index is 5.66. The summed E-state index contributed by atoms with van der Waals surface area (Å²) in [5.74, 6) is 2.07. The quantitative estimate of drug-likeness (QED) is 0.756. The first kappa shape index (κ1) is 11.2. The van der Waals surface area contributed by atoms with E-state index in [0.29, 0.717) is 18.2 Å². The molecular weight excluding hydrogens is 222 g/mol. The van der Waals surface area contributed by atoms with Crippen LogP contribution in [0.2, 0.25) is 0 Å². The molecule has 0 bridgehead atoms. The smallest absolute Gasteiger partial charge is 0.196 e. The van der Waals surface area contributed by atoms with Crippen molar-refractivity contribution in [3.8, 4) is 11.3 Å². The number of aryl methyl sites for hydroxylation is 2. The normalized spacial score (nSPS) is 10.6. The van der Waals surface area contributed by atoms with Crippen molar-refractivity contribution in [2.45, 2.75) is 19.8 Å². The van der Waals surface area contributed by atoms with Crippen LogP contribution >= 0.6 is 11.6 Å². The second kappa shape index (κ2) is 5.17. The Labute approximate surface area is 100 Å². The van der Waals surface area contributed by atoms with Gasteiger partial charge in [0.25, 0.3) is 0 Å². The number of rotatable bonds is 4. The summed E-state index contributed by atoms with van der Waals surface area (Å²) in [6.45, 7) is 2.13. The summed E-state index contributed by atoms with van der Waals surface area (Å²) in [4.78, 5) is 4.21. The van der Waals surface area contributed by atoms with Gasteiger partial charge in [-0.05, 0) is 12.0 Å². The molecule has 0 aliphatic rings. The zero-order valence-corrected chi connectivity index (χ0v) is 10.00. The lowest BCUT2D eigenvalue weighted by molar-refractivity contribution is 0.514. The van der Waals surface area contributed by atoms with Crippen molar-refractivity contribution in [3.05, 3.63) is 41.9 Å². The number of nitrogens with zero attached hydrogens (tertiary/aromatic N) is 1. The first-order chi connectivity index (χ1) is 7.85. The molecule has 2 nitrogen and oxygen atoms in total. The van der Waals surface area contributed by atoms with Gasteiger partial charge in [-0.3, -0.25) is 0 Å². The number of hydrogen-bond donors (Lipinski definition) is 0. The maximum Gasteiger partial charge on any atom is 0.196 e. The molecule has 0 radical (unpaired) electrons. The van der Waals surface area contributed by atoms with Gasteiger partial charge in [-0.15, -0.1) is 11.6 Å². The van der Waals surface area contributed by atoms with E-state index in [9.17, 15) is 0 Å². The lowest BCUT2D eigenvalue weighted by atomic mass is 10.0. The number of hydrogen-bond acceptors (Lipinski definition) is 2. The molecule has 0 aliphatic heterocycles. The molecule has 0 amide bonds. The van der Waals surface area contributed by atoms with E-state index in [-0.39, 0.29) is 0 Å². The van der Waals surface area contributed by atoms with Crippen LogP contribution in [-0.2, 0) is 12.8 Å². The third kappa shape index (κ3) is 2.27. The van der Waals surface area contributed by atoms with E-state index in [0.717, 1.165) is 17.7 Å². The zero-order valence-electron chi connectivity index (χ0n) is 9.24. The SMILES string of the molecule is CCc1ccccc1-c1cnc(CCCl)o1. The molecular formula is C13H14ClNO. The Kier molecular flexibility index (Phi) is 3.62. The molecule has 3 heteroatoms. The predicted octanol–water partition coefficient (Wildman–Crippen LogP) is 3.69. The second-order valence-corrected chi connectivity index (χ2v) is 3.95. The Morgan fingerprint density at radius 3 is 2.88 bits per heavy atom. The van der Waals surface area contributed by atoms with E-state index in [1.54, 1.807) is 6.20 Å². The summed E-state index contributed by atoms with van der Waals surface area (Å²) >= 11 is 5.65. The largest absolute Gasteiger partial charge is 0.441 e. The van der Waals surface area contributed by atoms with Gasteiger partial charge in [0.1, 0.15) is 0 Å². The van der Waals surface area contributed by atoms with Crippen LogP contribution in [0.25, 0.3) is 11.3 Å². The summed E-state index contributed by atoms with van der Waals surface area (Å²) < 4.78 is 5.66. The first-order valence-electron chi connectivity index (χ1n) is 5.44. The average molecular weight is 236 g/mol. The van der Waals surface area contributed by atoms with Gasteiger partial charge >= 0.3 is 0 Å². The second-order valence-electron chi connectivity index (χ2n) is 3.57. The molecule has 0 saturated heterocycles. The summed E-state index contributed by atoms with van der Waals surface area (Å²) in [6.07, 6.45) is 3.44. The fourth-order valence-corrected chi connectivity index (χ4v) is 1.86. The lowest BCUT2D eigenvalue weighted by Gasteiger charge is -2.03. The highest BCUT2D eigenvalue weighted by Crippen LogP contribution is 2.24. The average Bonchev–Trinajstić information content (AvgIpc) is 2.78. The number of aromatic nitrogens is 1. The molecule has 1 aromatic heterocycles. The Bertz CT molecular complexity index is 464. The molecule has 2 aromatic rings. The van der Waals surface area contributed by atoms with Gasteiger partial charge < -0.3 is 4.42 Å². The Hall–Kier alpha value is -1.28. The molecule has 1 aromatic carbocycles. The highest BCUT2D eigenvalue weighted by molar-refractivity contribution is 6.17. The molecule has 0 unspecified atom stereocenters. The van der Waals surface area contributed by atoms with Gasteiger partial charge in [-0.2, -0.15) is 0 Å². The van der Waals surface area contributed by atoms with Crippen molar-refractivity contribution in [2.24, 2.45) is 0 Å². The molecule has 16 heavy (non-hydrogen) atoms. The number of benzene rings is 1. The topological polar surface area (TPSA) is 26.0 Å². The molecule has 0 atom stereocenters. The minimum absolute atomic E-state index is 0.537. The molecule has 0 aliphatic carbocycles. The maximum absolute atomic E-state index is 5.66. The van der Waals surface area contributed by atoms with E-state index in [1.807, 2.05) is 12.1 Å². The fraction of sp³-hybridized carbons (Fsp3) is 0.308. The monoisotopic (exact) mass is 235 g/mol. The number of halogens is 1. The standard InChI is InChI=1S/C13H14ClNO/c1-2-10-5-3-4-6-11(10)12-9-15-13(16-12)7-8-14/h3-6,9H,2,7-8H2,1H3. The van der Waals surface area contributed by atoms with E-state index in [1.165, 1.54) is 5.56 Å². The lowest BCUT2D eigenvalue weighted by Crippen LogP contribution is -1.85. The van der Waals surface area contributed by atoms with Crippen LogP contribution in [0.15, 0.2) is 34.9 Å². The van der Waals surface area contributed by atoms with Crippen LogP contribution in [-0.4, -0.2) is 10.9 Å². The molecule has 0 N–H and O–H groups in total. The summed E-state index contributed by atoms with van der Waals surface area (Å²) in [5, 5.41) is 0. The first-order valence-corrected chi connectivity index (χ1v) is 5.97. The number of oxazole rings is 1. The summed E-state index contributed by atoms with van der Waals surface area (Å²) in [6, 6.07) is 8.22. The van der Waals surface area contributed by atoms with Gasteiger partial charge in [0.05, 0.1) is 6.20 Å². The third-order valence-electron chi connectivity index (χ3n) is 2.53. The Morgan fingerprint density at radius 2 is 2.12 bits per heavy atom. The molecule has 0 fully saturated rings.